The first-order valence-electron chi connectivity index (χ1n) is 7.71. The predicted molar refractivity (Wildman–Crippen MR) is 97.3 cm³/mol. The zero-order chi connectivity index (χ0) is 16.9. The highest BCUT2D eigenvalue weighted by Crippen LogP contribution is 2.22. The number of pyridine rings is 1. The van der Waals surface area contributed by atoms with Gasteiger partial charge in [0.15, 0.2) is 0 Å². The average Bonchev–Trinajstić information content (AvgIpc) is 3.08. The first kappa shape index (κ1) is 16.4. The summed E-state index contributed by atoms with van der Waals surface area (Å²) in [5.41, 5.74) is 3.39. The normalized spacial score (nSPS) is 10.8. The number of anilines is 1. The Morgan fingerprint density at radius 2 is 2.17 bits per heavy atom. The number of aliphatic hydroxyl groups is 1. The van der Waals surface area contributed by atoms with Crippen LogP contribution in [-0.2, 0) is 6.54 Å². The third-order valence-electron chi connectivity index (χ3n) is 3.71. The van der Waals surface area contributed by atoms with Gasteiger partial charge in [-0.1, -0.05) is 18.2 Å². The van der Waals surface area contributed by atoms with Gasteiger partial charge in [0, 0.05) is 24.2 Å². The molecule has 3 rings (SSSR count). The second-order valence-electron chi connectivity index (χ2n) is 5.54. The number of hydrogen-bond acceptors (Lipinski definition) is 4. The lowest BCUT2D eigenvalue weighted by Gasteiger charge is -2.22. The third-order valence-corrected chi connectivity index (χ3v) is 4.44. The first-order chi connectivity index (χ1) is 11.7. The highest BCUT2D eigenvalue weighted by Gasteiger charge is 2.15. The number of para-hydroxylation sites is 1. The van der Waals surface area contributed by atoms with E-state index in [1.807, 2.05) is 54.1 Å². The number of rotatable bonds is 5. The number of aromatic nitrogens is 1. The zero-order valence-electron chi connectivity index (χ0n) is 13.4. The number of carbonyl (C=O) groups excluding carboxylic acids is 1. The minimum Gasteiger partial charge on any atom is -0.395 e. The summed E-state index contributed by atoms with van der Waals surface area (Å²) in [7, 11) is 0. The van der Waals surface area contributed by atoms with Crippen molar-refractivity contribution in [2.45, 2.75) is 13.5 Å². The molecule has 3 aromatic rings. The van der Waals surface area contributed by atoms with Crippen molar-refractivity contribution in [1.29, 1.82) is 0 Å². The van der Waals surface area contributed by atoms with Crippen LogP contribution in [0.1, 0.15) is 11.3 Å². The molecule has 0 atom stereocenters. The Labute approximate surface area is 144 Å². The summed E-state index contributed by atoms with van der Waals surface area (Å²) < 4.78 is 0. The van der Waals surface area contributed by atoms with Crippen molar-refractivity contribution in [3.8, 4) is 0 Å². The number of amides is 2. The number of urea groups is 1. The molecule has 2 aromatic heterocycles. The van der Waals surface area contributed by atoms with Gasteiger partial charge in [-0.2, -0.15) is 11.3 Å². The van der Waals surface area contributed by atoms with Gasteiger partial charge in [0.2, 0.25) is 0 Å². The van der Waals surface area contributed by atoms with E-state index in [4.69, 9.17) is 0 Å². The van der Waals surface area contributed by atoms with E-state index in [-0.39, 0.29) is 19.2 Å². The van der Waals surface area contributed by atoms with E-state index in [1.54, 1.807) is 16.2 Å². The first-order valence-corrected chi connectivity index (χ1v) is 8.66. The van der Waals surface area contributed by atoms with E-state index in [0.29, 0.717) is 12.2 Å². The molecule has 6 heteroatoms. The molecule has 0 saturated heterocycles. The molecule has 0 spiro atoms. The van der Waals surface area contributed by atoms with E-state index < -0.39 is 0 Å². The number of carbonyl (C=O) groups is 1. The quantitative estimate of drug-likeness (QED) is 0.745. The van der Waals surface area contributed by atoms with Gasteiger partial charge < -0.3 is 15.3 Å². The average molecular weight is 341 g/mol. The Morgan fingerprint density at radius 1 is 1.29 bits per heavy atom. The maximum Gasteiger partial charge on any atom is 0.322 e. The number of aliphatic hydroxyl groups excluding tert-OH is 1. The Balaban J connectivity index is 1.83. The topological polar surface area (TPSA) is 65.5 Å². The van der Waals surface area contributed by atoms with Gasteiger partial charge in [-0.25, -0.2) is 4.79 Å². The Hall–Kier alpha value is -2.44. The van der Waals surface area contributed by atoms with Crippen LogP contribution in [0.2, 0.25) is 0 Å². The smallest absolute Gasteiger partial charge is 0.322 e. The van der Waals surface area contributed by atoms with Crippen LogP contribution < -0.4 is 5.32 Å². The molecule has 2 heterocycles. The molecule has 0 aliphatic rings. The van der Waals surface area contributed by atoms with E-state index in [2.05, 4.69) is 10.3 Å². The minimum atomic E-state index is -0.244. The molecular formula is C18H19N3O2S. The SMILES string of the molecule is Cc1ccc2cccc(NC(=O)N(CCO)Cc3ccsc3)c2n1. The molecule has 24 heavy (non-hydrogen) atoms. The number of benzene rings is 1. The van der Waals surface area contributed by atoms with Crippen molar-refractivity contribution in [3.63, 3.8) is 0 Å². The fraction of sp³-hybridized carbons (Fsp3) is 0.222. The summed E-state index contributed by atoms with van der Waals surface area (Å²) in [6.07, 6.45) is 0. The van der Waals surface area contributed by atoms with E-state index in [0.717, 1.165) is 22.2 Å². The molecule has 5 nitrogen and oxygen atoms in total. The van der Waals surface area contributed by atoms with Gasteiger partial charge in [-0.15, -0.1) is 0 Å². The van der Waals surface area contributed by atoms with Crippen LogP contribution in [0.25, 0.3) is 10.9 Å². The maximum absolute atomic E-state index is 12.6. The van der Waals surface area contributed by atoms with Crippen LogP contribution in [0.15, 0.2) is 47.2 Å². The molecule has 0 radical (unpaired) electrons. The summed E-state index contributed by atoms with van der Waals surface area (Å²) in [6.45, 7) is 2.59. The number of aryl methyl sites for hydroxylation is 1. The van der Waals surface area contributed by atoms with E-state index in [9.17, 15) is 9.90 Å². The fourth-order valence-electron chi connectivity index (χ4n) is 2.52. The van der Waals surface area contributed by atoms with Crippen LogP contribution in [0.3, 0.4) is 0 Å². The largest absolute Gasteiger partial charge is 0.395 e. The Kier molecular flexibility index (Phi) is 5.08. The van der Waals surface area contributed by atoms with Gasteiger partial charge in [0.1, 0.15) is 0 Å². The summed E-state index contributed by atoms with van der Waals surface area (Å²) in [6, 6.07) is 11.4. The maximum atomic E-state index is 12.6. The summed E-state index contributed by atoms with van der Waals surface area (Å²) in [5.74, 6) is 0. The highest BCUT2D eigenvalue weighted by atomic mass is 32.1. The second-order valence-corrected chi connectivity index (χ2v) is 6.32. The summed E-state index contributed by atoms with van der Waals surface area (Å²) in [5, 5.41) is 17.1. The third kappa shape index (κ3) is 3.72. The monoisotopic (exact) mass is 341 g/mol. The van der Waals surface area contributed by atoms with Gasteiger partial charge in [0.05, 0.1) is 17.8 Å². The van der Waals surface area contributed by atoms with Crippen molar-refractivity contribution in [2.24, 2.45) is 0 Å². The van der Waals surface area contributed by atoms with Gasteiger partial charge >= 0.3 is 6.03 Å². The predicted octanol–water partition coefficient (Wildman–Crippen LogP) is 3.63. The van der Waals surface area contributed by atoms with Crippen molar-refractivity contribution >= 4 is 34.0 Å². The number of nitrogens with zero attached hydrogens (tertiary/aromatic N) is 2. The van der Waals surface area contributed by atoms with Crippen molar-refractivity contribution in [2.75, 3.05) is 18.5 Å². The van der Waals surface area contributed by atoms with Crippen molar-refractivity contribution in [3.05, 3.63) is 58.4 Å². The Morgan fingerprint density at radius 3 is 2.92 bits per heavy atom. The van der Waals surface area contributed by atoms with Crippen LogP contribution in [0.4, 0.5) is 10.5 Å². The molecule has 0 fully saturated rings. The molecule has 2 amide bonds. The molecular weight excluding hydrogens is 322 g/mol. The highest BCUT2D eigenvalue weighted by molar-refractivity contribution is 7.07. The molecule has 0 saturated carbocycles. The number of thiophene rings is 1. The molecule has 1 aromatic carbocycles. The molecule has 2 N–H and O–H groups in total. The Bertz CT molecular complexity index is 833. The molecule has 0 aliphatic heterocycles. The molecule has 0 aliphatic carbocycles. The molecule has 0 bridgehead atoms. The van der Waals surface area contributed by atoms with Crippen LogP contribution >= 0.6 is 11.3 Å². The second kappa shape index (κ2) is 7.42. The fourth-order valence-corrected chi connectivity index (χ4v) is 3.18. The molecule has 0 unspecified atom stereocenters. The van der Waals surface area contributed by atoms with Gasteiger partial charge in [-0.05, 0) is 41.4 Å². The zero-order valence-corrected chi connectivity index (χ0v) is 14.2. The van der Waals surface area contributed by atoms with Crippen LogP contribution in [-0.4, -0.2) is 34.2 Å². The van der Waals surface area contributed by atoms with E-state index >= 15 is 0 Å². The lowest BCUT2D eigenvalue weighted by Crippen LogP contribution is -2.36. The van der Waals surface area contributed by atoms with Crippen molar-refractivity contribution in [1.82, 2.24) is 9.88 Å². The number of hydrogen-bond donors (Lipinski definition) is 2. The van der Waals surface area contributed by atoms with Crippen molar-refractivity contribution < 1.29 is 9.90 Å². The minimum absolute atomic E-state index is 0.0789. The van der Waals surface area contributed by atoms with Crippen LogP contribution in [0.5, 0.6) is 0 Å². The molecule has 124 valence electrons. The number of fused-ring (bicyclic) bond motifs is 1. The lowest BCUT2D eigenvalue weighted by molar-refractivity contribution is 0.185. The van der Waals surface area contributed by atoms with Crippen LogP contribution in [0, 0.1) is 6.92 Å². The van der Waals surface area contributed by atoms with Gasteiger partial charge in [-0.3, -0.25) is 4.98 Å². The van der Waals surface area contributed by atoms with Gasteiger partial charge in [0.25, 0.3) is 0 Å². The number of nitrogens with one attached hydrogen (secondary N) is 1. The lowest BCUT2D eigenvalue weighted by atomic mass is 10.2. The summed E-state index contributed by atoms with van der Waals surface area (Å²) >= 11 is 1.59. The summed E-state index contributed by atoms with van der Waals surface area (Å²) in [4.78, 5) is 18.8. The van der Waals surface area contributed by atoms with E-state index in [1.165, 1.54) is 0 Å². The standard InChI is InChI=1S/C18H19N3O2S/c1-13-5-6-15-3-2-4-16(17(15)19-13)20-18(23)21(8-9-22)11-14-7-10-24-12-14/h2-7,10,12,22H,8-9,11H2,1H3,(H,20,23).